The molecule has 0 radical (unpaired) electrons. The molecule has 0 aliphatic carbocycles. The molecule has 1 saturated heterocycles. The van der Waals surface area contributed by atoms with E-state index in [0.717, 1.165) is 29.5 Å². The van der Waals surface area contributed by atoms with Crippen LogP contribution < -0.4 is 4.84 Å². The first-order valence-electron chi connectivity index (χ1n) is 6.78. The highest BCUT2D eigenvalue weighted by Gasteiger charge is 2.32. The van der Waals surface area contributed by atoms with Crippen molar-refractivity contribution in [3.63, 3.8) is 0 Å². The fraction of sp³-hybridized carbons (Fsp3) is 0.286. The number of phenols is 1. The van der Waals surface area contributed by atoms with Gasteiger partial charge in [0, 0.05) is 18.7 Å². The second kappa shape index (κ2) is 5.49. The molecule has 0 spiro atoms. The number of amides is 1. The number of rotatable bonds is 2. The summed E-state index contributed by atoms with van der Waals surface area (Å²) in [6.45, 7) is 1.12. The normalized spacial score (nSPS) is 14.5. The summed E-state index contributed by atoms with van der Waals surface area (Å²) in [5.41, 5.74) is -1.01. The molecule has 0 unspecified atom stereocenters. The molecular formula is C14H12F3N3O3. The number of halogens is 3. The third kappa shape index (κ3) is 2.94. The molecule has 0 saturated carbocycles. The second-order valence-corrected chi connectivity index (χ2v) is 5.02. The first-order chi connectivity index (χ1) is 10.9. The van der Waals surface area contributed by atoms with E-state index in [1.807, 2.05) is 0 Å². The molecule has 1 aliphatic heterocycles. The molecule has 122 valence electrons. The Morgan fingerprint density at radius 3 is 2.61 bits per heavy atom. The van der Waals surface area contributed by atoms with Crippen LogP contribution in [0.25, 0.3) is 11.3 Å². The van der Waals surface area contributed by atoms with Gasteiger partial charge >= 0.3 is 12.3 Å². The van der Waals surface area contributed by atoms with Crippen molar-refractivity contribution in [1.29, 1.82) is 0 Å². The third-order valence-corrected chi connectivity index (χ3v) is 3.49. The molecule has 1 N–H and O–H groups in total. The fourth-order valence-electron chi connectivity index (χ4n) is 2.10. The number of phenolic OH excluding ortho intramolecular Hbond substituents is 1. The van der Waals surface area contributed by atoms with E-state index in [0.29, 0.717) is 13.1 Å². The van der Waals surface area contributed by atoms with Crippen molar-refractivity contribution in [3.05, 3.63) is 36.0 Å². The molecular weight excluding hydrogens is 315 g/mol. The van der Waals surface area contributed by atoms with Crippen LogP contribution in [-0.4, -0.2) is 39.1 Å². The van der Waals surface area contributed by atoms with E-state index in [9.17, 15) is 23.1 Å². The molecule has 3 rings (SSSR count). The Kier molecular flexibility index (Phi) is 3.63. The van der Waals surface area contributed by atoms with Gasteiger partial charge in [0.25, 0.3) is 0 Å². The van der Waals surface area contributed by atoms with Crippen molar-refractivity contribution in [2.75, 3.05) is 13.1 Å². The molecule has 23 heavy (non-hydrogen) atoms. The summed E-state index contributed by atoms with van der Waals surface area (Å²) in [5.74, 6) is -0.375. The molecule has 1 amide bonds. The number of aromatic nitrogens is 2. The number of carbonyl (C=O) groups excluding carboxylic acids is 1. The molecule has 0 bridgehead atoms. The van der Waals surface area contributed by atoms with Gasteiger partial charge in [-0.2, -0.15) is 13.2 Å². The molecule has 6 nitrogen and oxygen atoms in total. The molecule has 2 heterocycles. The van der Waals surface area contributed by atoms with Gasteiger partial charge in [0.2, 0.25) is 0 Å². The average molecular weight is 327 g/mol. The van der Waals surface area contributed by atoms with Crippen molar-refractivity contribution in [2.24, 2.45) is 0 Å². The summed E-state index contributed by atoms with van der Waals surface area (Å²) < 4.78 is 38.4. The number of hydrogen-bond donors (Lipinski definition) is 1. The zero-order valence-corrected chi connectivity index (χ0v) is 11.7. The average Bonchev–Trinajstić information content (AvgIpc) is 2.83. The van der Waals surface area contributed by atoms with Crippen LogP contribution in [-0.2, 0) is 6.18 Å². The Labute approximate surface area is 128 Å². The Balaban J connectivity index is 1.93. The predicted molar refractivity (Wildman–Crippen MR) is 72.5 cm³/mol. The Bertz CT molecular complexity index is 738. The lowest BCUT2D eigenvalue weighted by molar-refractivity contribution is -0.137. The molecule has 9 heteroatoms. The minimum absolute atomic E-state index is 0.0440. The van der Waals surface area contributed by atoms with Crippen LogP contribution in [0.1, 0.15) is 12.0 Å². The molecule has 1 aromatic heterocycles. The number of nitrogens with zero attached hydrogens (tertiary/aromatic N) is 3. The first-order valence-corrected chi connectivity index (χ1v) is 6.78. The highest BCUT2D eigenvalue weighted by atomic mass is 19.4. The van der Waals surface area contributed by atoms with Gasteiger partial charge in [0.1, 0.15) is 11.4 Å². The lowest BCUT2D eigenvalue weighted by Crippen LogP contribution is -2.45. The Morgan fingerprint density at radius 1 is 1.26 bits per heavy atom. The second-order valence-electron chi connectivity index (χ2n) is 5.02. The number of hydrogen-bond acceptors (Lipinski definition) is 4. The van der Waals surface area contributed by atoms with E-state index < -0.39 is 17.8 Å². The van der Waals surface area contributed by atoms with E-state index in [4.69, 9.17) is 4.84 Å². The highest BCUT2D eigenvalue weighted by Crippen LogP contribution is 2.36. The maximum Gasteiger partial charge on any atom is 0.435 e. The van der Waals surface area contributed by atoms with Gasteiger partial charge in [0.15, 0.2) is 0 Å². The number of carbonyl (C=O) groups is 1. The van der Waals surface area contributed by atoms with Crippen LogP contribution >= 0.6 is 0 Å². The van der Waals surface area contributed by atoms with Gasteiger partial charge in [-0.25, -0.2) is 4.79 Å². The fourth-order valence-corrected chi connectivity index (χ4v) is 2.10. The van der Waals surface area contributed by atoms with Crippen molar-refractivity contribution in [1.82, 2.24) is 14.8 Å². The van der Waals surface area contributed by atoms with Crippen LogP contribution in [0, 0.1) is 0 Å². The minimum atomic E-state index is -4.55. The number of alkyl halides is 3. The maximum atomic E-state index is 12.8. The zero-order chi connectivity index (χ0) is 16.6. The van der Waals surface area contributed by atoms with Crippen LogP contribution in [0.4, 0.5) is 18.0 Å². The van der Waals surface area contributed by atoms with Crippen LogP contribution in [0.2, 0.25) is 0 Å². The number of benzene rings is 1. The van der Waals surface area contributed by atoms with Crippen molar-refractivity contribution >= 4 is 6.09 Å². The van der Waals surface area contributed by atoms with Gasteiger partial charge in [-0.05, 0) is 30.7 Å². The van der Waals surface area contributed by atoms with Crippen molar-refractivity contribution in [2.45, 2.75) is 12.6 Å². The monoisotopic (exact) mass is 327 g/mol. The van der Waals surface area contributed by atoms with Crippen molar-refractivity contribution < 1.29 is 27.9 Å². The summed E-state index contributed by atoms with van der Waals surface area (Å²) >= 11 is 0. The quantitative estimate of drug-likeness (QED) is 0.920. The largest absolute Gasteiger partial charge is 0.507 e. The van der Waals surface area contributed by atoms with Gasteiger partial charge < -0.3 is 10.0 Å². The molecule has 1 fully saturated rings. The Hall–Kier alpha value is -2.71. The van der Waals surface area contributed by atoms with Gasteiger partial charge in [-0.15, -0.1) is 5.10 Å². The van der Waals surface area contributed by atoms with Crippen LogP contribution in [0.15, 0.2) is 30.5 Å². The smallest absolute Gasteiger partial charge is 0.435 e. The zero-order valence-electron chi connectivity index (χ0n) is 11.7. The van der Waals surface area contributed by atoms with E-state index in [1.165, 1.54) is 17.2 Å². The molecule has 0 atom stereocenters. The summed E-state index contributed by atoms with van der Waals surface area (Å²) in [4.78, 5) is 19.0. The van der Waals surface area contributed by atoms with Crippen molar-refractivity contribution in [3.8, 4) is 17.0 Å². The third-order valence-electron chi connectivity index (χ3n) is 3.49. The van der Waals surface area contributed by atoms with E-state index in [-0.39, 0.29) is 17.0 Å². The van der Waals surface area contributed by atoms with E-state index >= 15 is 0 Å². The van der Waals surface area contributed by atoms with Crippen LogP contribution in [0.5, 0.6) is 5.75 Å². The summed E-state index contributed by atoms with van der Waals surface area (Å²) in [6.07, 6.45) is -3.07. The molecule has 1 aliphatic rings. The summed E-state index contributed by atoms with van der Waals surface area (Å²) in [7, 11) is 0. The summed E-state index contributed by atoms with van der Waals surface area (Å²) in [5, 5.41) is 13.6. The van der Waals surface area contributed by atoms with E-state index in [1.54, 1.807) is 0 Å². The lowest BCUT2D eigenvalue weighted by atomic mass is 10.1. The summed E-state index contributed by atoms with van der Waals surface area (Å²) in [6, 6.07) is 3.83. The lowest BCUT2D eigenvalue weighted by Gasteiger charge is -2.29. The standard InChI is InChI=1S/C14H12F3N3O3/c15-14(16,17)9-2-3-12(21)10(8-9)11-4-5-18-20(11)23-13(22)19-6-1-7-19/h2-5,8,21H,1,6-7H2. The maximum absolute atomic E-state index is 12.8. The molecule has 1 aromatic carbocycles. The Morgan fingerprint density at radius 2 is 2.00 bits per heavy atom. The molecule has 2 aromatic rings. The SMILES string of the molecule is O=C(On1nccc1-c1cc(C(F)(F)F)ccc1O)N1CCC1. The number of likely N-dealkylation sites (tertiary alicyclic amines) is 1. The highest BCUT2D eigenvalue weighted by molar-refractivity contribution is 5.71. The first kappa shape index (κ1) is 15.2. The predicted octanol–water partition coefficient (Wildman–Crippen LogP) is 2.53. The topological polar surface area (TPSA) is 67.6 Å². The van der Waals surface area contributed by atoms with Gasteiger partial charge in [-0.1, -0.05) is 4.85 Å². The van der Waals surface area contributed by atoms with Crippen LogP contribution in [0.3, 0.4) is 0 Å². The van der Waals surface area contributed by atoms with Gasteiger partial charge in [0.05, 0.1) is 11.8 Å². The van der Waals surface area contributed by atoms with E-state index in [2.05, 4.69) is 5.10 Å². The van der Waals surface area contributed by atoms with Gasteiger partial charge in [-0.3, -0.25) is 4.84 Å². The number of aromatic hydroxyl groups is 1. The minimum Gasteiger partial charge on any atom is -0.507 e.